The zero-order chi connectivity index (χ0) is 25.7. The lowest BCUT2D eigenvalue weighted by molar-refractivity contribution is 0.0254. The molecule has 0 aliphatic carbocycles. The van der Waals surface area contributed by atoms with Gasteiger partial charge in [-0.25, -0.2) is 4.98 Å². The maximum absolute atomic E-state index is 13.6. The highest BCUT2D eigenvalue weighted by Crippen LogP contribution is 2.30. The third-order valence-electron chi connectivity index (χ3n) is 7.27. The standard InChI is InChI=1S/C28H36N4O4/c1-19-15-32(20(2)18-33)28(34)25-12-24(23-6-4-21(13-29)5-7-23)14-30-27(25)36-26(19)17-31(3)16-22-8-10-35-11-9-22/h4-7,12,14,19-20,22,26,33H,8-11,15-18H2,1-3H3/t19-,20+,26+/m1/s1. The maximum Gasteiger partial charge on any atom is 0.259 e. The molecule has 2 aliphatic heterocycles. The first-order chi connectivity index (χ1) is 17.4. The second kappa shape index (κ2) is 11.8. The van der Waals surface area contributed by atoms with Gasteiger partial charge in [0.25, 0.3) is 5.91 Å². The summed E-state index contributed by atoms with van der Waals surface area (Å²) >= 11 is 0. The summed E-state index contributed by atoms with van der Waals surface area (Å²) in [5.41, 5.74) is 2.60. The second-order valence-corrected chi connectivity index (χ2v) is 10.2. The molecule has 8 heteroatoms. The molecule has 2 aromatic rings. The first-order valence-electron chi connectivity index (χ1n) is 12.7. The topological polar surface area (TPSA) is 98.9 Å². The Bertz CT molecular complexity index is 1080. The molecule has 1 saturated heterocycles. The van der Waals surface area contributed by atoms with Crippen molar-refractivity contribution in [1.82, 2.24) is 14.8 Å². The number of aliphatic hydroxyl groups excluding tert-OH is 1. The van der Waals surface area contributed by atoms with Crippen LogP contribution in [0.2, 0.25) is 0 Å². The molecule has 3 atom stereocenters. The van der Waals surface area contributed by atoms with E-state index in [1.807, 2.05) is 25.1 Å². The molecular weight excluding hydrogens is 456 g/mol. The molecule has 3 heterocycles. The van der Waals surface area contributed by atoms with Crippen LogP contribution in [0.1, 0.15) is 42.6 Å². The predicted octanol–water partition coefficient (Wildman–Crippen LogP) is 3.20. The summed E-state index contributed by atoms with van der Waals surface area (Å²) < 4.78 is 11.9. The van der Waals surface area contributed by atoms with E-state index in [1.165, 1.54) is 0 Å². The van der Waals surface area contributed by atoms with E-state index in [2.05, 4.69) is 29.9 Å². The molecular formula is C28H36N4O4. The van der Waals surface area contributed by atoms with Crippen LogP contribution < -0.4 is 4.74 Å². The zero-order valence-electron chi connectivity index (χ0n) is 21.4. The molecule has 4 rings (SSSR count). The van der Waals surface area contributed by atoms with Gasteiger partial charge in [-0.1, -0.05) is 19.1 Å². The number of hydrogen-bond acceptors (Lipinski definition) is 7. The van der Waals surface area contributed by atoms with Gasteiger partial charge in [0.15, 0.2) is 0 Å². The molecule has 8 nitrogen and oxygen atoms in total. The fourth-order valence-corrected chi connectivity index (χ4v) is 4.97. The molecule has 1 N–H and O–H groups in total. The van der Waals surface area contributed by atoms with Crippen LogP contribution in [-0.2, 0) is 4.74 Å². The van der Waals surface area contributed by atoms with Gasteiger partial charge >= 0.3 is 0 Å². The number of likely N-dealkylation sites (N-methyl/N-ethyl adjacent to an activating group) is 1. The molecule has 2 aliphatic rings. The van der Waals surface area contributed by atoms with Crippen LogP contribution in [0.15, 0.2) is 36.5 Å². The van der Waals surface area contributed by atoms with Crippen LogP contribution in [0.5, 0.6) is 5.88 Å². The van der Waals surface area contributed by atoms with Crippen LogP contribution >= 0.6 is 0 Å². The lowest BCUT2D eigenvalue weighted by Crippen LogP contribution is -2.50. The van der Waals surface area contributed by atoms with Crippen molar-refractivity contribution in [1.29, 1.82) is 5.26 Å². The maximum atomic E-state index is 13.6. The average molecular weight is 493 g/mol. The summed E-state index contributed by atoms with van der Waals surface area (Å²) in [5, 5.41) is 19.0. The Morgan fingerprint density at radius 2 is 1.94 bits per heavy atom. The summed E-state index contributed by atoms with van der Waals surface area (Å²) in [6, 6.07) is 10.8. The number of rotatable bonds is 7. The van der Waals surface area contributed by atoms with Crippen molar-refractivity contribution in [2.75, 3.05) is 46.5 Å². The molecule has 1 amide bonds. The number of nitriles is 1. The average Bonchev–Trinajstić information content (AvgIpc) is 2.90. The van der Waals surface area contributed by atoms with Gasteiger partial charge in [0.2, 0.25) is 5.88 Å². The smallest absolute Gasteiger partial charge is 0.259 e. The summed E-state index contributed by atoms with van der Waals surface area (Å²) in [6.45, 7) is 7.65. The van der Waals surface area contributed by atoms with Crippen molar-refractivity contribution in [2.45, 2.75) is 38.8 Å². The number of benzene rings is 1. The fourth-order valence-electron chi connectivity index (χ4n) is 4.97. The molecule has 36 heavy (non-hydrogen) atoms. The minimum atomic E-state index is -0.329. The van der Waals surface area contributed by atoms with E-state index in [0.29, 0.717) is 36.0 Å². The van der Waals surface area contributed by atoms with Gasteiger partial charge in [0.05, 0.1) is 24.3 Å². The van der Waals surface area contributed by atoms with Crippen LogP contribution in [0.3, 0.4) is 0 Å². The Morgan fingerprint density at radius 3 is 2.61 bits per heavy atom. The quantitative estimate of drug-likeness (QED) is 0.634. The van der Waals surface area contributed by atoms with Gasteiger partial charge in [0.1, 0.15) is 11.7 Å². The second-order valence-electron chi connectivity index (χ2n) is 10.2. The van der Waals surface area contributed by atoms with Gasteiger partial charge < -0.3 is 24.4 Å². The van der Waals surface area contributed by atoms with E-state index in [1.54, 1.807) is 23.2 Å². The van der Waals surface area contributed by atoms with E-state index in [9.17, 15) is 9.90 Å². The fraction of sp³-hybridized carbons (Fsp3) is 0.536. The van der Waals surface area contributed by atoms with Crippen molar-refractivity contribution < 1.29 is 19.4 Å². The molecule has 1 fully saturated rings. The number of carbonyl (C=O) groups excluding carboxylic acids is 1. The van der Waals surface area contributed by atoms with E-state index >= 15 is 0 Å². The molecule has 1 aromatic heterocycles. The summed E-state index contributed by atoms with van der Waals surface area (Å²) in [4.78, 5) is 22.3. The number of aliphatic hydroxyl groups is 1. The van der Waals surface area contributed by atoms with Crippen LogP contribution in [-0.4, -0.2) is 84.4 Å². The summed E-state index contributed by atoms with van der Waals surface area (Å²) in [7, 11) is 2.12. The molecule has 0 unspecified atom stereocenters. The lowest BCUT2D eigenvalue weighted by atomic mass is 9.97. The van der Waals surface area contributed by atoms with E-state index < -0.39 is 0 Å². The van der Waals surface area contributed by atoms with Gasteiger partial charge in [-0.2, -0.15) is 5.26 Å². The van der Waals surface area contributed by atoms with Crippen LogP contribution in [0.25, 0.3) is 11.1 Å². The summed E-state index contributed by atoms with van der Waals surface area (Å²) in [6.07, 6.45) is 3.69. The van der Waals surface area contributed by atoms with Crippen molar-refractivity contribution in [3.8, 4) is 23.1 Å². The van der Waals surface area contributed by atoms with Crippen molar-refractivity contribution in [3.63, 3.8) is 0 Å². The Balaban J connectivity index is 1.62. The third kappa shape index (κ3) is 6.04. The largest absolute Gasteiger partial charge is 0.472 e. The van der Waals surface area contributed by atoms with E-state index in [4.69, 9.17) is 14.7 Å². The number of ether oxygens (including phenoxy) is 2. The van der Waals surface area contributed by atoms with Gasteiger partial charge in [0, 0.05) is 50.5 Å². The zero-order valence-corrected chi connectivity index (χ0v) is 21.4. The third-order valence-corrected chi connectivity index (χ3v) is 7.27. The Morgan fingerprint density at radius 1 is 1.22 bits per heavy atom. The molecule has 192 valence electrons. The number of pyridine rings is 1. The van der Waals surface area contributed by atoms with E-state index in [-0.39, 0.29) is 30.6 Å². The van der Waals surface area contributed by atoms with Crippen LogP contribution in [0.4, 0.5) is 0 Å². The first-order valence-corrected chi connectivity index (χ1v) is 12.7. The first kappa shape index (κ1) is 26.1. The molecule has 0 radical (unpaired) electrons. The minimum Gasteiger partial charge on any atom is -0.472 e. The predicted molar refractivity (Wildman–Crippen MR) is 137 cm³/mol. The number of fused-ring (bicyclic) bond motifs is 1. The summed E-state index contributed by atoms with van der Waals surface area (Å²) in [5.74, 6) is 0.785. The highest BCUT2D eigenvalue weighted by Gasteiger charge is 2.34. The van der Waals surface area contributed by atoms with Gasteiger partial charge in [-0.15, -0.1) is 0 Å². The van der Waals surface area contributed by atoms with Crippen LogP contribution in [0, 0.1) is 23.2 Å². The minimum absolute atomic E-state index is 0.0493. The molecule has 0 spiro atoms. The monoisotopic (exact) mass is 492 g/mol. The van der Waals surface area contributed by atoms with E-state index in [0.717, 1.165) is 43.7 Å². The molecule has 1 aromatic carbocycles. The highest BCUT2D eigenvalue weighted by atomic mass is 16.5. The SMILES string of the molecule is C[C@@H]1CN([C@@H](C)CO)C(=O)c2cc(-c3ccc(C#N)cc3)cnc2O[C@H]1CN(C)CC1CCOCC1. The molecule has 0 bridgehead atoms. The number of aromatic nitrogens is 1. The normalized spacial score (nSPS) is 21.8. The number of nitrogens with zero attached hydrogens (tertiary/aromatic N) is 4. The number of carbonyl (C=O) groups is 1. The Labute approximate surface area is 213 Å². The Kier molecular flexibility index (Phi) is 8.57. The molecule has 0 saturated carbocycles. The van der Waals surface area contributed by atoms with Gasteiger partial charge in [-0.05, 0) is 56.5 Å². The Hall–Kier alpha value is -2.99. The van der Waals surface area contributed by atoms with Crippen molar-refractivity contribution in [2.24, 2.45) is 11.8 Å². The van der Waals surface area contributed by atoms with Crippen molar-refractivity contribution in [3.05, 3.63) is 47.7 Å². The highest BCUT2D eigenvalue weighted by molar-refractivity contribution is 5.98. The van der Waals surface area contributed by atoms with Crippen molar-refractivity contribution >= 4 is 5.91 Å². The lowest BCUT2D eigenvalue weighted by Gasteiger charge is -2.38. The van der Waals surface area contributed by atoms with Gasteiger partial charge in [-0.3, -0.25) is 4.79 Å². The number of amides is 1. The number of hydrogen-bond donors (Lipinski definition) is 1.